The number of rotatable bonds is 11. The van der Waals surface area contributed by atoms with E-state index in [9.17, 15) is 4.79 Å². The normalized spacial score (nSPS) is 13.1. The predicted octanol–water partition coefficient (Wildman–Crippen LogP) is 4.25. The molecule has 0 aromatic heterocycles. The number of amides is 1. The lowest BCUT2D eigenvalue weighted by atomic mass is 9.80. The van der Waals surface area contributed by atoms with E-state index in [1.165, 1.54) is 0 Å². The van der Waals surface area contributed by atoms with Crippen LogP contribution in [-0.2, 0) is 15.1 Å². The van der Waals surface area contributed by atoms with E-state index in [1.54, 1.807) is 14.2 Å². The van der Waals surface area contributed by atoms with Gasteiger partial charge in [-0.2, -0.15) is 0 Å². The summed E-state index contributed by atoms with van der Waals surface area (Å²) in [6, 6.07) is 25.0. The van der Waals surface area contributed by atoms with Gasteiger partial charge in [0, 0.05) is 6.04 Å². The SMILES string of the molecule is CC[C@H](N)C(=O)NC(C)COC(c1ccccc1)(c1ccc(OC)cc1)c1ccc(OC)cc1. The van der Waals surface area contributed by atoms with Gasteiger partial charge in [-0.25, -0.2) is 0 Å². The third-order valence-corrected chi connectivity index (χ3v) is 5.89. The Morgan fingerprint density at radius 1 is 0.853 bits per heavy atom. The lowest BCUT2D eigenvalue weighted by molar-refractivity contribution is -0.123. The zero-order chi connectivity index (χ0) is 24.6. The van der Waals surface area contributed by atoms with Crippen LogP contribution in [0.5, 0.6) is 11.5 Å². The maximum absolute atomic E-state index is 12.3. The van der Waals surface area contributed by atoms with Crippen molar-refractivity contribution < 1.29 is 19.0 Å². The molecule has 0 aliphatic carbocycles. The van der Waals surface area contributed by atoms with Gasteiger partial charge in [0.25, 0.3) is 0 Å². The summed E-state index contributed by atoms with van der Waals surface area (Å²) in [6.45, 7) is 4.08. The Hall–Kier alpha value is -3.35. The monoisotopic (exact) mass is 462 g/mol. The first-order valence-corrected chi connectivity index (χ1v) is 11.5. The van der Waals surface area contributed by atoms with Gasteiger partial charge in [0.15, 0.2) is 0 Å². The number of nitrogens with two attached hydrogens (primary N) is 1. The van der Waals surface area contributed by atoms with Crippen molar-refractivity contribution in [3.63, 3.8) is 0 Å². The summed E-state index contributed by atoms with van der Waals surface area (Å²) < 4.78 is 17.5. The summed E-state index contributed by atoms with van der Waals surface area (Å²) in [5.74, 6) is 1.34. The number of ether oxygens (including phenoxy) is 3. The number of nitrogens with one attached hydrogen (secondary N) is 1. The molecule has 2 atom stereocenters. The molecule has 0 saturated carbocycles. The van der Waals surface area contributed by atoms with Gasteiger partial charge in [-0.05, 0) is 54.3 Å². The van der Waals surface area contributed by atoms with Crippen molar-refractivity contribution in [2.45, 2.75) is 38.0 Å². The van der Waals surface area contributed by atoms with Gasteiger partial charge in [-0.3, -0.25) is 4.79 Å². The Balaban J connectivity index is 2.08. The van der Waals surface area contributed by atoms with Gasteiger partial charge >= 0.3 is 0 Å². The second-order valence-corrected chi connectivity index (χ2v) is 8.24. The van der Waals surface area contributed by atoms with Crippen LogP contribution in [0.2, 0.25) is 0 Å². The molecule has 0 aliphatic heterocycles. The molecule has 0 bridgehead atoms. The third kappa shape index (κ3) is 5.58. The molecule has 6 nitrogen and oxygen atoms in total. The second-order valence-electron chi connectivity index (χ2n) is 8.24. The van der Waals surface area contributed by atoms with Crippen molar-refractivity contribution in [1.29, 1.82) is 0 Å². The zero-order valence-corrected chi connectivity index (χ0v) is 20.3. The van der Waals surface area contributed by atoms with E-state index >= 15 is 0 Å². The smallest absolute Gasteiger partial charge is 0.237 e. The molecule has 3 aromatic carbocycles. The molecule has 0 heterocycles. The minimum Gasteiger partial charge on any atom is -0.497 e. The van der Waals surface area contributed by atoms with Crippen LogP contribution in [-0.4, -0.2) is 38.8 Å². The van der Waals surface area contributed by atoms with E-state index < -0.39 is 11.6 Å². The lowest BCUT2D eigenvalue weighted by Crippen LogP contribution is -2.47. The molecular weight excluding hydrogens is 428 g/mol. The molecule has 3 N–H and O–H groups in total. The average Bonchev–Trinajstić information content (AvgIpc) is 2.89. The van der Waals surface area contributed by atoms with Crippen LogP contribution in [0, 0.1) is 0 Å². The van der Waals surface area contributed by atoms with Gasteiger partial charge in [-0.1, -0.05) is 61.5 Å². The highest BCUT2D eigenvalue weighted by atomic mass is 16.5. The van der Waals surface area contributed by atoms with Crippen LogP contribution in [0.3, 0.4) is 0 Å². The van der Waals surface area contributed by atoms with E-state index in [0.29, 0.717) is 6.42 Å². The van der Waals surface area contributed by atoms with E-state index in [4.69, 9.17) is 19.9 Å². The van der Waals surface area contributed by atoms with Crippen molar-refractivity contribution in [3.8, 4) is 11.5 Å². The molecule has 0 radical (unpaired) electrons. The van der Waals surface area contributed by atoms with Crippen LogP contribution in [0.1, 0.15) is 37.0 Å². The Labute approximate surface area is 202 Å². The molecule has 0 spiro atoms. The van der Waals surface area contributed by atoms with Crippen LogP contribution in [0.15, 0.2) is 78.9 Å². The number of hydrogen-bond donors (Lipinski definition) is 2. The molecule has 1 unspecified atom stereocenters. The zero-order valence-electron chi connectivity index (χ0n) is 20.3. The Kier molecular flexibility index (Phi) is 8.68. The highest BCUT2D eigenvalue weighted by molar-refractivity contribution is 5.81. The summed E-state index contributed by atoms with van der Waals surface area (Å²) in [7, 11) is 3.29. The second kappa shape index (κ2) is 11.7. The van der Waals surface area contributed by atoms with Crippen molar-refractivity contribution in [1.82, 2.24) is 5.32 Å². The number of hydrogen-bond acceptors (Lipinski definition) is 5. The molecule has 34 heavy (non-hydrogen) atoms. The fourth-order valence-corrected chi connectivity index (χ4v) is 3.90. The van der Waals surface area contributed by atoms with Gasteiger partial charge in [-0.15, -0.1) is 0 Å². The van der Waals surface area contributed by atoms with Crippen LogP contribution in [0.25, 0.3) is 0 Å². The molecule has 0 saturated heterocycles. The minimum absolute atomic E-state index is 0.183. The summed E-state index contributed by atoms with van der Waals surface area (Å²) in [4.78, 5) is 12.3. The number of methoxy groups -OCH3 is 2. The van der Waals surface area contributed by atoms with Crippen molar-refractivity contribution in [2.24, 2.45) is 5.73 Å². The molecule has 6 heteroatoms. The number of benzene rings is 3. The van der Waals surface area contributed by atoms with Gasteiger partial charge in [0.05, 0.1) is 26.9 Å². The fraction of sp³-hybridized carbons (Fsp3) is 0.321. The predicted molar refractivity (Wildman–Crippen MR) is 134 cm³/mol. The average molecular weight is 463 g/mol. The quantitative estimate of drug-likeness (QED) is 0.416. The highest BCUT2D eigenvalue weighted by Gasteiger charge is 2.38. The fourth-order valence-electron chi connectivity index (χ4n) is 3.90. The van der Waals surface area contributed by atoms with E-state index in [0.717, 1.165) is 28.2 Å². The molecule has 0 aliphatic rings. The number of carbonyl (C=O) groups is 1. The first-order valence-electron chi connectivity index (χ1n) is 11.5. The van der Waals surface area contributed by atoms with Gasteiger partial charge in [0.2, 0.25) is 5.91 Å². The Bertz CT molecular complexity index is 989. The van der Waals surface area contributed by atoms with Crippen LogP contribution < -0.4 is 20.5 Å². The summed E-state index contributed by atoms with van der Waals surface area (Å²) in [5.41, 5.74) is 7.82. The number of carbonyl (C=O) groups excluding carboxylic acids is 1. The first-order chi connectivity index (χ1) is 16.4. The molecule has 3 rings (SSSR count). The van der Waals surface area contributed by atoms with Crippen LogP contribution in [0.4, 0.5) is 0 Å². The maximum Gasteiger partial charge on any atom is 0.237 e. The summed E-state index contributed by atoms with van der Waals surface area (Å²) >= 11 is 0. The molecule has 180 valence electrons. The Morgan fingerprint density at radius 2 is 1.32 bits per heavy atom. The lowest BCUT2D eigenvalue weighted by Gasteiger charge is -2.37. The van der Waals surface area contributed by atoms with E-state index in [-0.39, 0.29) is 18.6 Å². The Morgan fingerprint density at radius 3 is 1.76 bits per heavy atom. The molecular formula is C28H34N2O4. The van der Waals surface area contributed by atoms with Crippen molar-refractivity contribution in [2.75, 3.05) is 20.8 Å². The highest BCUT2D eigenvalue weighted by Crippen LogP contribution is 2.41. The molecule has 0 fully saturated rings. The van der Waals surface area contributed by atoms with Crippen molar-refractivity contribution in [3.05, 3.63) is 95.6 Å². The van der Waals surface area contributed by atoms with E-state index in [2.05, 4.69) is 5.32 Å². The first kappa shape index (κ1) is 25.3. The van der Waals surface area contributed by atoms with Crippen LogP contribution >= 0.6 is 0 Å². The van der Waals surface area contributed by atoms with Gasteiger partial charge < -0.3 is 25.3 Å². The minimum atomic E-state index is -0.925. The maximum atomic E-state index is 12.3. The molecule has 3 aromatic rings. The van der Waals surface area contributed by atoms with E-state index in [1.807, 2.05) is 92.7 Å². The summed E-state index contributed by atoms with van der Waals surface area (Å²) in [5, 5.41) is 2.97. The largest absolute Gasteiger partial charge is 0.497 e. The third-order valence-electron chi connectivity index (χ3n) is 5.89. The molecule has 1 amide bonds. The van der Waals surface area contributed by atoms with Crippen molar-refractivity contribution >= 4 is 5.91 Å². The topological polar surface area (TPSA) is 82.8 Å². The summed E-state index contributed by atoms with van der Waals surface area (Å²) in [6.07, 6.45) is 0.574. The standard InChI is InChI=1S/C28H34N2O4/c1-5-26(29)27(31)30-20(2)19-34-28(21-9-7-6-8-10-21,22-11-15-24(32-3)16-12-22)23-13-17-25(33-4)18-14-23/h6-18,20,26H,5,19,29H2,1-4H3,(H,30,31)/t20?,26-/m0/s1. The van der Waals surface area contributed by atoms with Gasteiger partial charge in [0.1, 0.15) is 17.1 Å².